The highest BCUT2D eigenvalue weighted by molar-refractivity contribution is 5.80. The van der Waals surface area contributed by atoms with Crippen LogP contribution in [0.25, 0.3) is 5.69 Å². The molecule has 3 aromatic rings. The minimum Gasteiger partial charge on any atom is -0.467 e. The summed E-state index contributed by atoms with van der Waals surface area (Å²) in [5.41, 5.74) is 3.22. The van der Waals surface area contributed by atoms with Gasteiger partial charge in [0.25, 0.3) is 0 Å². The first-order chi connectivity index (χ1) is 15.1. The number of likely N-dealkylation sites (N-methyl/N-ethyl adjacent to an activating group) is 1. The van der Waals surface area contributed by atoms with Gasteiger partial charge >= 0.3 is 0 Å². The van der Waals surface area contributed by atoms with E-state index in [1.807, 2.05) is 36.2 Å². The summed E-state index contributed by atoms with van der Waals surface area (Å²) < 4.78 is 7.25. The van der Waals surface area contributed by atoms with Crippen molar-refractivity contribution in [3.8, 4) is 5.69 Å². The van der Waals surface area contributed by atoms with Gasteiger partial charge in [-0.25, -0.2) is 9.67 Å². The normalized spacial score (nSPS) is 15.0. The summed E-state index contributed by atoms with van der Waals surface area (Å²) in [4.78, 5) is 21.3. The van der Waals surface area contributed by atoms with Gasteiger partial charge in [0.2, 0.25) is 5.91 Å². The lowest BCUT2D eigenvalue weighted by atomic mass is 10.0. The molecule has 0 N–H and O–H groups in total. The molecule has 0 unspecified atom stereocenters. The van der Waals surface area contributed by atoms with E-state index >= 15 is 0 Å². The van der Waals surface area contributed by atoms with Crippen LogP contribution in [-0.2, 0) is 11.3 Å². The zero-order valence-corrected chi connectivity index (χ0v) is 18.1. The molecule has 0 fully saturated rings. The average Bonchev–Trinajstić information content (AvgIpc) is 3.52. The quantitative estimate of drug-likeness (QED) is 0.543. The second-order valence-electron chi connectivity index (χ2n) is 8.02. The molecule has 1 amide bonds. The Kier molecular flexibility index (Phi) is 6.62. The van der Waals surface area contributed by atoms with Crippen molar-refractivity contribution >= 4 is 5.91 Å². The molecule has 1 aliphatic carbocycles. The molecule has 1 aromatic carbocycles. The van der Waals surface area contributed by atoms with Crippen molar-refractivity contribution in [2.24, 2.45) is 0 Å². The van der Waals surface area contributed by atoms with E-state index in [4.69, 9.17) is 4.42 Å². The van der Waals surface area contributed by atoms with Gasteiger partial charge in [0.05, 0.1) is 25.0 Å². The average molecular weight is 420 g/mol. The number of allylic oxidation sites excluding steroid dienone is 2. The van der Waals surface area contributed by atoms with E-state index in [0.29, 0.717) is 13.1 Å². The Bertz CT molecular complexity index is 993. The Morgan fingerprint density at radius 2 is 2.06 bits per heavy atom. The molecule has 162 valence electrons. The highest BCUT2D eigenvalue weighted by atomic mass is 16.3. The lowest BCUT2D eigenvalue weighted by molar-refractivity contribution is -0.131. The summed E-state index contributed by atoms with van der Waals surface area (Å²) in [5.74, 6) is 0.900. The van der Waals surface area contributed by atoms with Crippen LogP contribution in [-0.4, -0.2) is 44.1 Å². The van der Waals surface area contributed by atoms with Crippen molar-refractivity contribution in [2.75, 3.05) is 13.6 Å². The second-order valence-corrected chi connectivity index (χ2v) is 8.02. The fourth-order valence-electron chi connectivity index (χ4n) is 3.91. The van der Waals surface area contributed by atoms with Crippen molar-refractivity contribution in [1.82, 2.24) is 24.6 Å². The third-order valence-corrected chi connectivity index (χ3v) is 5.91. The van der Waals surface area contributed by atoms with Crippen molar-refractivity contribution in [3.63, 3.8) is 0 Å². The number of nitrogens with zero attached hydrogens (tertiary/aromatic N) is 5. The van der Waals surface area contributed by atoms with E-state index in [-0.39, 0.29) is 11.9 Å². The Hall–Kier alpha value is -3.19. The molecule has 0 bridgehead atoms. The monoisotopic (exact) mass is 419 g/mol. The zero-order valence-electron chi connectivity index (χ0n) is 18.1. The van der Waals surface area contributed by atoms with E-state index in [9.17, 15) is 4.79 Å². The molecule has 0 spiro atoms. The van der Waals surface area contributed by atoms with E-state index in [2.05, 4.69) is 40.1 Å². The zero-order chi connectivity index (χ0) is 21.6. The third kappa shape index (κ3) is 5.11. The molecule has 2 heterocycles. The predicted molar refractivity (Wildman–Crippen MR) is 118 cm³/mol. The fourth-order valence-corrected chi connectivity index (χ4v) is 3.91. The molecule has 1 aliphatic rings. The van der Waals surface area contributed by atoms with Gasteiger partial charge in [-0.1, -0.05) is 18.2 Å². The number of benzene rings is 1. The summed E-state index contributed by atoms with van der Waals surface area (Å²) in [6, 6.07) is 12.1. The predicted octanol–water partition coefficient (Wildman–Crippen LogP) is 4.34. The van der Waals surface area contributed by atoms with Crippen LogP contribution in [0.2, 0.25) is 0 Å². The fraction of sp³-hybridized carbons (Fsp3) is 0.375. The number of hydrogen-bond donors (Lipinski definition) is 0. The number of rotatable bonds is 8. The van der Waals surface area contributed by atoms with Crippen molar-refractivity contribution in [1.29, 1.82) is 0 Å². The van der Waals surface area contributed by atoms with Crippen LogP contribution in [0.4, 0.5) is 0 Å². The van der Waals surface area contributed by atoms with Crippen LogP contribution in [0.15, 0.2) is 71.5 Å². The van der Waals surface area contributed by atoms with Crippen LogP contribution in [0.3, 0.4) is 0 Å². The van der Waals surface area contributed by atoms with Gasteiger partial charge < -0.3 is 9.32 Å². The Balaban J connectivity index is 1.44. The van der Waals surface area contributed by atoms with E-state index in [1.165, 1.54) is 12.7 Å². The van der Waals surface area contributed by atoms with Crippen molar-refractivity contribution < 1.29 is 9.21 Å². The van der Waals surface area contributed by atoms with Gasteiger partial charge in [0, 0.05) is 11.7 Å². The molecule has 7 nitrogen and oxygen atoms in total. The molecule has 4 rings (SSSR count). The number of carbonyl (C=O) groups excluding carboxylic acids is 1. The van der Waals surface area contributed by atoms with E-state index in [0.717, 1.165) is 42.0 Å². The van der Waals surface area contributed by atoms with Crippen LogP contribution >= 0.6 is 0 Å². The molecule has 1 atom stereocenters. The highest BCUT2D eigenvalue weighted by Gasteiger charge is 2.24. The molecule has 31 heavy (non-hydrogen) atoms. The van der Waals surface area contributed by atoms with Crippen LogP contribution < -0.4 is 0 Å². The van der Waals surface area contributed by atoms with E-state index in [1.54, 1.807) is 17.3 Å². The summed E-state index contributed by atoms with van der Waals surface area (Å²) in [5, 5.41) is 4.16. The topological polar surface area (TPSA) is 67.4 Å². The van der Waals surface area contributed by atoms with Gasteiger partial charge in [0.1, 0.15) is 18.4 Å². The first kappa shape index (κ1) is 21.1. The van der Waals surface area contributed by atoms with Gasteiger partial charge in [-0.3, -0.25) is 9.69 Å². The van der Waals surface area contributed by atoms with Gasteiger partial charge in [-0.2, -0.15) is 5.10 Å². The molecular formula is C24H29N5O2. The van der Waals surface area contributed by atoms with Crippen molar-refractivity contribution in [3.05, 3.63) is 78.4 Å². The first-order valence-corrected chi connectivity index (χ1v) is 10.8. The highest BCUT2D eigenvalue weighted by Crippen LogP contribution is 2.25. The van der Waals surface area contributed by atoms with Gasteiger partial charge in [-0.15, -0.1) is 0 Å². The number of amides is 1. The number of aromatic nitrogens is 3. The van der Waals surface area contributed by atoms with Crippen LogP contribution in [0.1, 0.15) is 50.0 Å². The standard InChI is InChI=1S/C24H29N5O2/c1-19(20-10-12-22(13-11-20)29-18-25-17-26-29)27(2)16-24(30)28(15-23-9-6-14-31-23)21-7-4-3-5-8-21/h6-7,9-14,17-19H,3-5,8,15-16H2,1-2H3/t19-/m0/s1. The van der Waals surface area contributed by atoms with Crippen molar-refractivity contribution in [2.45, 2.75) is 45.2 Å². The minimum atomic E-state index is 0.0955. The summed E-state index contributed by atoms with van der Waals surface area (Å²) >= 11 is 0. The second kappa shape index (κ2) is 9.75. The molecule has 2 aromatic heterocycles. The SMILES string of the molecule is C[C@@H](c1ccc(-n2cncn2)cc1)N(C)CC(=O)N(Cc1ccco1)C1=CCCCC1. The lowest BCUT2D eigenvalue weighted by Crippen LogP contribution is -2.39. The molecular weight excluding hydrogens is 390 g/mol. The number of carbonyl (C=O) groups is 1. The minimum absolute atomic E-state index is 0.0955. The molecule has 7 heteroatoms. The Labute approximate surface area is 183 Å². The Morgan fingerprint density at radius 3 is 2.71 bits per heavy atom. The number of hydrogen-bond acceptors (Lipinski definition) is 5. The summed E-state index contributed by atoms with van der Waals surface area (Å²) in [7, 11) is 1.99. The molecule has 0 radical (unpaired) electrons. The smallest absolute Gasteiger partial charge is 0.241 e. The first-order valence-electron chi connectivity index (χ1n) is 10.8. The number of furan rings is 1. The summed E-state index contributed by atoms with van der Waals surface area (Å²) in [6.45, 7) is 2.94. The maximum Gasteiger partial charge on any atom is 0.241 e. The van der Waals surface area contributed by atoms with Gasteiger partial charge in [0.15, 0.2) is 0 Å². The largest absolute Gasteiger partial charge is 0.467 e. The van der Waals surface area contributed by atoms with E-state index < -0.39 is 0 Å². The van der Waals surface area contributed by atoms with Gasteiger partial charge in [-0.05, 0) is 69.5 Å². The van der Waals surface area contributed by atoms with Crippen LogP contribution in [0.5, 0.6) is 0 Å². The third-order valence-electron chi connectivity index (χ3n) is 5.91. The van der Waals surface area contributed by atoms with Crippen LogP contribution in [0, 0.1) is 0 Å². The maximum atomic E-state index is 13.3. The lowest BCUT2D eigenvalue weighted by Gasteiger charge is -2.31. The Morgan fingerprint density at radius 1 is 1.23 bits per heavy atom. The maximum absolute atomic E-state index is 13.3. The molecule has 0 aliphatic heterocycles. The summed E-state index contributed by atoms with van der Waals surface area (Å²) in [6.07, 6.45) is 11.3. The molecule has 0 saturated carbocycles. The molecule has 0 saturated heterocycles.